The molecule has 1 N–H and O–H groups in total. The Hall–Kier alpha value is -4.82. The third-order valence-corrected chi connectivity index (χ3v) is 6.93. The van der Waals surface area contributed by atoms with Gasteiger partial charge in [0.2, 0.25) is 0 Å². The number of aromatic amines is 1. The van der Waals surface area contributed by atoms with Gasteiger partial charge in [-0.1, -0.05) is 118 Å². The first-order valence-corrected chi connectivity index (χ1v) is 13.6. The van der Waals surface area contributed by atoms with Gasteiger partial charge in [-0.3, -0.25) is 0 Å². The predicted octanol–water partition coefficient (Wildman–Crippen LogP) is 10.8. The third kappa shape index (κ3) is 4.89. The molecule has 6 aromatic rings. The van der Waals surface area contributed by atoms with Crippen molar-refractivity contribution in [2.75, 3.05) is 0 Å². The van der Waals surface area contributed by atoms with Gasteiger partial charge < -0.3 is 9.55 Å². The van der Waals surface area contributed by atoms with Crippen LogP contribution in [-0.4, -0.2) is 9.55 Å². The summed E-state index contributed by atoms with van der Waals surface area (Å²) in [7, 11) is 0. The number of aromatic nitrogens is 2. The molecule has 2 nitrogen and oxygen atoms in total. The highest BCUT2D eigenvalue weighted by molar-refractivity contribution is 6.05. The summed E-state index contributed by atoms with van der Waals surface area (Å²) in [5.74, 6) is 0. The van der Waals surface area contributed by atoms with Crippen molar-refractivity contribution >= 4 is 44.7 Å². The first kappa shape index (κ1) is 25.8. The zero-order chi connectivity index (χ0) is 27.2. The van der Waals surface area contributed by atoms with E-state index in [1.165, 1.54) is 32.6 Å². The molecule has 0 aliphatic carbocycles. The summed E-state index contributed by atoms with van der Waals surface area (Å²) in [4.78, 5) is 3.58. The lowest BCUT2D eigenvalue weighted by Gasteiger charge is -2.11. The van der Waals surface area contributed by atoms with E-state index < -0.39 is 0 Å². The number of hydrogen-bond acceptors (Lipinski definition) is 0. The van der Waals surface area contributed by atoms with Gasteiger partial charge in [0.25, 0.3) is 0 Å². The molecule has 6 rings (SSSR count). The Morgan fingerprint density at radius 1 is 0.692 bits per heavy atom. The summed E-state index contributed by atoms with van der Waals surface area (Å²) in [6.45, 7) is 10.2. The van der Waals surface area contributed by atoms with Gasteiger partial charge in [-0.15, -0.1) is 0 Å². The molecule has 192 valence electrons. The molecule has 0 unspecified atom stereocenters. The third-order valence-electron chi connectivity index (χ3n) is 6.93. The van der Waals surface area contributed by atoms with E-state index in [1.54, 1.807) is 0 Å². The lowest BCUT2D eigenvalue weighted by atomic mass is 10.1. The molecule has 0 fully saturated rings. The van der Waals surface area contributed by atoms with E-state index in [0.717, 1.165) is 28.0 Å². The smallest absolute Gasteiger partial charge is 0.0541 e. The Kier molecular flexibility index (Phi) is 7.75. The van der Waals surface area contributed by atoms with Gasteiger partial charge in [0.05, 0.1) is 11.2 Å². The van der Waals surface area contributed by atoms with Crippen molar-refractivity contribution in [1.82, 2.24) is 9.55 Å². The number of allylic oxidation sites excluding steroid dienone is 1. The summed E-state index contributed by atoms with van der Waals surface area (Å²) in [6.07, 6.45) is 8.32. The summed E-state index contributed by atoms with van der Waals surface area (Å²) >= 11 is 0. The SMILES string of the molecule is C=Cc1c(/C=C\C)n(-c2ccc3ccc(-c4ccccc4)c[nH]c4ccccc4c3c2)c2ccccc12.CC. The van der Waals surface area contributed by atoms with Crippen molar-refractivity contribution in [2.24, 2.45) is 0 Å². The number of rotatable bonds is 4. The zero-order valence-electron chi connectivity index (χ0n) is 22.9. The molecule has 0 radical (unpaired) electrons. The van der Waals surface area contributed by atoms with Crippen molar-refractivity contribution in [1.29, 1.82) is 0 Å². The quantitative estimate of drug-likeness (QED) is 0.245. The minimum Gasteiger partial charge on any atom is -0.361 e. The largest absolute Gasteiger partial charge is 0.361 e. The zero-order valence-corrected chi connectivity index (χ0v) is 22.9. The second kappa shape index (κ2) is 11.7. The summed E-state index contributed by atoms with van der Waals surface area (Å²) in [6, 6.07) is 38.7. The maximum Gasteiger partial charge on any atom is 0.0541 e. The van der Waals surface area contributed by atoms with Crippen LogP contribution in [0.3, 0.4) is 0 Å². The average Bonchev–Trinajstić information content (AvgIpc) is 3.35. The van der Waals surface area contributed by atoms with Crippen LogP contribution >= 0.6 is 0 Å². The molecule has 0 atom stereocenters. The summed E-state index contributed by atoms with van der Waals surface area (Å²) in [5.41, 5.74) is 7.96. The van der Waals surface area contributed by atoms with E-state index in [9.17, 15) is 0 Å². The maximum atomic E-state index is 4.13. The van der Waals surface area contributed by atoms with Crippen molar-refractivity contribution in [2.45, 2.75) is 20.8 Å². The normalized spacial score (nSPS) is 10.9. The summed E-state index contributed by atoms with van der Waals surface area (Å²) in [5, 5.41) is 4.73. The number of hydrogen-bond donors (Lipinski definition) is 1. The Morgan fingerprint density at radius 3 is 2.15 bits per heavy atom. The van der Waals surface area contributed by atoms with Gasteiger partial charge in [0.1, 0.15) is 0 Å². The molecule has 2 aromatic heterocycles. The van der Waals surface area contributed by atoms with Crippen LogP contribution < -0.4 is 0 Å². The predicted molar refractivity (Wildman–Crippen MR) is 172 cm³/mol. The van der Waals surface area contributed by atoms with E-state index >= 15 is 0 Å². The molecule has 2 heteroatoms. The highest BCUT2D eigenvalue weighted by Gasteiger charge is 2.15. The molecule has 0 bridgehead atoms. The monoisotopic (exact) mass is 506 g/mol. The Balaban J connectivity index is 0.00000151. The van der Waals surface area contributed by atoms with Crippen molar-refractivity contribution < 1.29 is 0 Å². The lowest BCUT2D eigenvalue weighted by molar-refractivity contribution is 1.11. The molecular formula is C37H34N2. The molecular weight excluding hydrogens is 472 g/mol. The topological polar surface area (TPSA) is 20.7 Å². The van der Waals surface area contributed by atoms with Crippen molar-refractivity contribution in [3.63, 3.8) is 0 Å². The first-order chi connectivity index (χ1) is 19.3. The second-order valence-electron chi connectivity index (χ2n) is 9.12. The number of para-hydroxylation sites is 2. The van der Waals surface area contributed by atoms with Gasteiger partial charge in [-0.25, -0.2) is 0 Å². The van der Waals surface area contributed by atoms with Gasteiger partial charge in [0, 0.05) is 33.7 Å². The fourth-order valence-corrected chi connectivity index (χ4v) is 5.20. The number of H-pyrrole nitrogens is 1. The molecule has 0 saturated carbocycles. The maximum absolute atomic E-state index is 4.13. The Morgan fingerprint density at radius 2 is 1.38 bits per heavy atom. The fraction of sp³-hybridized carbons (Fsp3) is 0.0811. The van der Waals surface area contributed by atoms with E-state index in [2.05, 4.69) is 145 Å². The van der Waals surface area contributed by atoms with E-state index in [1.807, 2.05) is 26.0 Å². The van der Waals surface area contributed by atoms with Crippen LogP contribution in [0.2, 0.25) is 0 Å². The highest BCUT2D eigenvalue weighted by atomic mass is 15.0. The number of nitrogens with one attached hydrogen (secondary N) is 1. The van der Waals surface area contributed by atoms with Gasteiger partial charge in [0.15, 0.2) is 0 Å². The number of fused-ring (bicyclic) bond motifs is 4. The van der Waals surface area contributed by atoms with Crippen LogP contribution in [0.15, 0.2) is 128 Å². The van der Waals surface area contributed by atoms with E-state index in [0.29, 0.717) is 0 Å². The second-order valence-corrected chi connectivity index (χ2v) is 9.12. The molecule has 0 aliphatic rings. The van der Waals surface area contributed by atoms with Crippen molar-refractivity contribution in [3.05, 3.63) is 139 Å². The molecule has 4 aromatic carbocycles. The Bertz CT molecular complexity index is 1850. The molecule has 2 heterocycles. The summed E-state index contributed by atoms with van der Waals surface area (Å²) < 4.78 is 2.34. The van der Waals surface area contributed by atoms with Crippen LogP contribution in [0, 0.1) is 0 Å². The number of benzene rings is 4. The van der Waals surface area contributed by atoms with Gasteiger partial charge in [-0.05, 0) is 59.2 Å². The van der Waals surface area contributed by atoms with Gasteiger partial charge >= 0.3 is 0 Å². The molecule has 0 saturated heterocycles. The molecule has 0 amide bonds. The van der Waals surface area contributed by atoms with Crippen LogP contribution in [-0.2, 0) is 0 Å². The van der Waals surface area contributed by atoms with Crippen LogP contribution in [0.1, 0.15) is 32.0 Å². The number of nitrogens with zero attached hydrogens (tertiary/aromatic N) is 1. The lowest BCUT2D eigenvalue weighted by Crippen LogP contribution is -1.97. The van der Waals surface area contributed by atoms with Crippen LogP contribution in [0.4, 0.5) is 0 Å². The molecule has 0 spiro atoms. The molecule has 0 aliphatic heterocycles. The fourth-order valence-electron chi connectivity index (χ4n) is 5.20. The van der Waals surface area contributed by atoms with E-state index in [-0.39, 0.29) is 0 Å². The average molecular weight is 507 g/mol. The molecule has 39 heavy (non-hydrogen) atoms. The Labute approximate surface area is 230 Å². The van der Waals surface area contributed by atoms with Crippen LogP contribution in [0.5, 0.6) is 0 Å². The standard InChI is InChI=1S/C35H28N2.C2H6/c1-3-12-34-29(4-2)31-16-9-11-18-35(31)37(34)28-22-21-26-19-20-27(25-13-6-5-7-14-25)24-36-33-17-10-8-15-30(33)32(26)23-28;1-2/h3-24,36H,2H2,1H3;1-2H3/b12-3-,20-19?,27-24?;. The first-order valence-electron chi connectivity index (χ1n) is 13.6. The van der Waals surface area contributed by atoms with Gasteiger partial charge in [-0.2, -0.15) is 0 Å². The van der Waals surface area contributed by atoms with Crippen molar-refractivity contribution in [3.8, 4) is 16.8 Å². The van der Waals surface area contributed by atoms with E-state index in [4.69, 9.17) is 0 Å². The van der Waals surface area contributed by atoms with Crippen LogP contribution in [0.25, 0.3) is 61.5 Å². The minimum absolute atomic E-state index is 1.08. The highest BCUT2D eigenvalue weighted by Crippen LogP contribution is 2.33. The minimum atomic E-state index is 1.08.